The van der Waals surface area contributed by atoms with E-state index < -0.39 is 64.2 Å². The van der Waals surface area contributed by atoms with Gasteiger partial charge in [-0.15, -0.1) is 0 Å². The lowest BCUT2D eigenvalue weighted by Crippen LogP contribution is -2.37. The van der Waals surface area contributed by atoms with Crippen molar-refractivity contribution in [2.75, 3.05) is 51.6 Å². The van der Waals surface area contributed by atoms with E-state index in [2.05, 4.69) is 15.3 Å². The zero-order chi connectivity index (χ0) is 32.1. The monoisotopic (exact) mass is 441 g/mol. The standard InChI is InChI=1S/C22H25ClN4O3/c1-28-20-14-19-18(13-21(20)30-9-3-6-27-7-10-29-11-8-27)22(25-15-24-19)26-17-5-2-4-16(23)12-17/h2,4-5,12-15H,3,6-11H2,1H3,(H,24,25,26)/i1D3,3D2,6D2,7D,8D,9D2,10D,11D. The molecule has 2 aromatic carbocycles. The molecule has 0 bridgehead atoms. The number of nitrogens with zero attached hydrogens (tertiary/aromatic N) is 3. The predicted octanol–water partition coefficient (Wildman–Crippen LogP) is 4.14. The van der Waals surface area contributed by atoms with Gasteiger partial charge in [0.2, 0.25) is 0 Å². The minimum atomic E-state index is -3.71. The maximum absolute atomic E-state index is 8.47. The van der Waals surface area contributed by atoms with Gasteiger partial charge >= 0.3 is 0 Å². The second-order valence-electron chi connectivity index (χ2n) is 5.83. The largest absolute Gasteiger partial charge is 0.493 e. The molecule has 158 valence electrons. The van der Waals surface area contributed by atoms with Crippen LogP contribution in [0.15, 0.2) is 42.7 Å². The van der Waals surface area contributed by atoms with Crippen molar-refractivity contribution in [1.29, 1.82) is 0 Å². The van der Waals surface area contributed by atoms with E-state index in [-0.39, 0.29) is 21.6 Å². The van der Waals surface area contributed by atoms with Crippen molar-refractivity contribution in [1.82, 2.24) is 14.9 Å². The Hall–Kier alpha value is -2.61. The summed E-state index contributed by atoms with van der Waals surface area (Å²) < 4.78 is 120. The number of fused-ring (bicyclic) bond motifs is 1. The van der Waals surface area contributed by atoms with Crippen molar-refractivity contribution in [3.05, 3.63) is 47.7 Å². The Kier molecular flexibility index (Phi) is 3.35. The molecular formula is C22H25ClN4O3. The molecule has 1 saturated heterocycles. The first-order valence-corrected chi connectivity index (χ1v) is 8.95. The van der Waals surface area contributed by atoms with E-state index in [1.165, 1.54) is 0 Å². The number of anilines is 2. The van der Waals surface area contributed by atoms with Gasteiger partial charge in [-0.25, -0.2) is 9.97 Å². The fraction of sp³-hybridized carbons (Fsp3) is 0.364. The lowest BCUT2D eigenvalue weighted by molar-refractivity contribution is 0.0357. The highest BCUT2D eigenvalue weighted by atomic mass is 35.5. The van der Waals surface area contributed by atoms with Crippen LogP contribution in [0.1, 0.15) is 24.2 Å². The summed E-state index contributed by atoms with van der Waals surface area (Å²) in [5, 5.41) is 3.55. The minimum absolute atomic E-state index is 0.121. The summed E-state index contributed by atoms with van der Waals surface area (Å²) >= 11 is 6.05. The second kappa shape index (κ2) is 9.93. The third kappa shape index (κ3) is 5.11. The number of rotatable bonds is 8. The number of halogens is 1. The molecule has 4 rings (SSSR count). The van der Waals surface area contributed by atoms with Crippen molar-refractivity contribution >= 4 is 34.0 Å². The van der Waals surface area contributed by atoms with Crippen LogP contribution in [0.4, 0.5) is 11.5 Å². The highest BCUT2D eigenvalue weighted by molar-refractivity contribution is 6.30. The van der Waals surface area contributed by atoms with Gasteiger partial charge in [-0.3, -0.25) is 4.90 Å². The molecule has 1 aliphatic rings. The van der Waals surface area contributed by atoms with Crippen molar-refractivity contribution in [3.8, 4) is 11.5 Å². The summed E-state index contributed by atoms with van der Waals surface area (Å²) in [7, 11) is -3.07. The molecule has 4 unspecified atom stereocenters. The van der Waals surface area contributed by atoms with Crippen LogP contribution in [-0.2, 0) is 4.74 Å². The third-order valence-corrected chi connectivity index (χ3v) is 4.13. The second-order valence-corrected chi connectivity index (χ2v) is 6.27. The average Bonchev–Trinajstić information content (AvgIpc) is 2.87. The van der Waals surface area contributed by atoms with Gasteiger partial charge in [0.15, 0.2) is 11.5 Å². The molecule has 0 radical (unpaired) electrons. The maximum atomic E-state index is 8.47. The van der Waals surface area contributed by atoms with Crippen molar-refractivity contribution in [2.45, 2.75) is 6.37 Å². The molecule has 3 aromatic rings. The number of benzene rings is 2. The summed E-state index contributed by atoms with van der Waals surface area (Å²) in [5.74, 6) is -1.11. The topological polar surface area (TPSA) is 68.7 Å². The lowest BCUT2D eigenvalue weighted by Gasteiger charge is -2.26. The first kappa shape index (κ1) is 10.1. The fourth-order valence-electron chi connectivity index (χ4n) is 2.56. The van der Waals surface area contributed by atoms with Crippen LogP contribution in [-0.4, -0.2) is 61.2 Å². The Morgan fingerprint density at radius 1 is 1.27 bits per heavy atom. The van der Waals surface area contributed by atoms with E-state index in [9.17, 15) is 0 Å². The van der Waals surface area contributed by atoms with Gasteiger partial charge < -0.3 is 19.5 Å². The Bertz CT molecular complexity index is 1470. The summed E-state index contributed by atoms with van der Waals surface area (Å²) in [6.07, 6.45) is -2.55. The highest BCUT2D eigenvalue weighted by Gasteiger charge is 2.13. The quantitative estimate of drug-likeness (QED) is 0.563. The molecule has 8 heteroatoms. The molecule has 0 spiro atoms. The van der Waals surface area contributed by atoms with E-state index in [0.717, 1.165) is 18.5 Å². The van der Waals surface area contributed by atoms with Crippen molar-refractivity contribution < 1.29 is 32.0 Å². The van der Waals surface area contributed by atoms with E-state index in [1.54, 1.807) is 24.3 Å². The number of nitrogens with one attached hydrogen (secondary N) is 1. The average molecular weight is 442 g/mol. The first-order chi connectivity index (χ1) is 19.7. The van der Waals surface area contributed by atoms with E-state index in [4.69, 9.17) is 43.6 Å². The maximum Gasteiger partial charge on any atom is 0.162 e. The molecule has 2 heterocycles. The molecule has 0 amide bonds. The predicted molar refractivity (Wildman–Crippen MR) is 118 cm³/mol. The Morgan fingerprint density at radius 3 is 3.00 bits per heavy atom. The SMILES string of the molecule is [2H]C1OC([2H])C([2H])N(C([2H])([2H])C([2H])([2H])C([2H])([2H])Oc2cc3c(Nc4cccc(Cl)c4)ncnc3cc2OC([2H])([2H])[2H])C1[2H]. The third-order valence-electron chi connectivity index (χ3n) is 3.90. The van der Waals surface area contributed by atoms with Crippen LogP contribution in [0.5, 0.6) is 11.5 Å². The molecule has 4 atom stereocenters. The van der Waals surface area contributed by atoms with Crippen LogP contribution in [0.25, 0.3) is 10.9 Å². The van der Waals surface area contributed by atoms with Gasteiger partial charge in [-0.2, -0.15) is 0 Å². The lowest BCUT2D eigenvalue weighted by atomic mass is 10.2. The molecule has 0 aliphatic carbocycles. The number of aromatic nitrogens is 2. The zero-order valence-electron chi connectivity index (χ0n) is 28.3. The summed E-state index contributed by atoms with van der Waals surface area (Å²) in [5.41, 5.74) is 0.619. The molecule has 1 N–H and O–H groups in total. The van der Waals surface area contributed by atoms with Gasteiger partial charge in [0.25, 0.3) is 0 Å². The van der Waals surface area contributed by atoms with E-state index >= 15 is 0 Å². The first-order valence-electron chi connectivity index (χ1n) is 15.4. The van der Waals surface area contributed by atoms with Gasteiger partial charge in [0.1, 0.15) is 12.1 Å². The number of hydrogen-bond donors (Lipinski definition) is 1. The molecule has 0 saturated carbocycles. The van der Waals surface area contributed by atoms with Crippen LogP contribution < -0.4 is 14.8 Å². The fourth-order valence-corrected chi connectivity index (χ4v) is 2.76. The Labute approximate surface area is 199 Å². The summed E-state index contributed by atoms with van der Waals surface area (Å²) in [6, 6.07) is 8.74. The van der Waals surface area contributed by atoms with Crippen molar-refractivity contribution in [3.63, 3.8) is 0 Å². The van der Waals surface area contributed by atoms with Crippen LogP contribution in [0.3, 0.4) is 0 Å². The molecule has 30 heavy (non-hydrogen) atoms. The van der Waals surface area contributed by atoms with Crippen molar-refractivity contribution in [2.24, 2.45) is 0 Å². The summed E-state index contributed by atoms with van der Waals surface area (Å²) in [4.78, 5) is 8.46. The number of ether oxygens (including phenoxy) is 3. The van der Waals surface area contributed by atoms with Gasteiger partial charge in [-0.1, -0.05) is 17.7 Å². The normalized spacial score (nSPS) is 32.6. The molecule has 1 aromatic heterocycles. The van der Waals surface area contributed by atoms with E-state index in [1.807, 2.05) is 0 Å². The molecule has 1 fully saturated rings. The van der Waals surface area contributed by atoms with Gasteiger partial charge in [0.05, 0.1) is 41.9 Å². The van der Waals surface area contributed by atoms with E-state index in [0.29, 0.717) is 10.7 Å². The molecule has 7 nitrogen and oxygen atoms in total. The Balaban J connectivity index is 1.79. The molecule has 1 aliphatic heterocycles. The van der Waals surface area contributed by atoms with Crippen LogP contribution >= 0.6 is 11.6 Å². The number of methoxy groups -OCH3 is 1. The van der Waals surface area contributed by atoms with Gasteiger partial charge in [-0.05, 0) is 30.6 Å². The van der Waals surface area contributed by atoms with Crippen LogP contribution in [0.2, 0.25) is 5.02 Å². The van der Waals surface area contributed by atoms with Crippen LogP contribution in [0, 0.1) is 0 Å². The molecular weight excluding hydrogens is 404 g/mol. The summed E-state index contributed by atoms with van der Waals surface area (Å²) in [6.45, 7) is -14.9. The number of hydrogen-bond acceptors (Lipinski definition) is 7. The highest BCUT2D eigenvalue weighted by Crippen LogP contribution is 2.35. The van der Waals surface area contributed by atoms with Gasteiger partial charge in [0, 0.05) is 49.9 Å². The minimum Gasteiger partial charge on any atom is -0.493 e. The smallest absolute Gasteiger partial charge is 0.162 e. The number of morpholine rings is 1. The zero-order valence-corrected chi connectivity index (χ0v) is 16.1. The Morgan fingerprint density at radius 2 is 2.17 bits per heavy atom.